The van der Waals surface area contributed by atoms with Gasteiger partial charge in [0, 0.05) is 23.3 Å². The number of aryl methyl sites for hydroxylation is 1. The fourth-order valence-electron chi connectivity index (χ4n) is 2.22. The smallest absolute Gasteiger partial charge is 0.262 e. The summed E-state index contributed by atoms with van der Waals surface area (Å²) in [5.74, 6) is -0.354. The molecule has 1 aromatic carbocycles. The van der Waals surface area contributed by atoms with E-state index in [1.165, 1.54) is 12.3 Å². The Balaban J connectivity index is 2.44. The van der Waals surface area contributed by atoms with Gasteiger partial charge >= 0.3 is 0 Å². The molecule has 18 heavy (non-hydrogen) atoms. The minimum Gasteiger partial charge on any atom is -0.288 e. The lowest BCUT2D eigenvalue weighted by atomic mass is 10.1. The highest BCUT2D eigenvalue weighted by Gasteiger charge is 2.34. The lowest BCUT2D eigenvalue weighted by Gasteiger charge is -2.05. The molecule has 2 aromatic rings. The summed E-state index contributed by atoms with van der Waals surface area (Å²) in [7, 11) is 3.10. The Bertz CT molecular complexity index is 793. The van der Waals surface area contributed by atoms with Gasteiger partial charge in [-0.1, -0.05) is 12.1 Å². The van der Waals surface area contributed by atoms with Gasteiger partial charge in [0.2, 0.25) is 0 Å². The third kappa shape index (κ3) is 1.36. The van der Waals surface area contributed by atoms with Crippen molar-refractivity contribution in [2.75, 3.05) is 0 Å². The van der Waals surface area contributed by atoms with Crippen LogP contribution in [0.2, 0.25) is 0 Å². The Morgan fingerprint density at radius 1 is 1.28 bits per heavy atom. The first-order chi connectivity index (χ1) is 8.41. The summed E-state index contributed by atoms with van der Waals surface area (Å²) in [6.45, 7) is 0. The van der Waals surface area contributed by atoms with Crippen LogP contribution in [0, 0.1) is 0 Å². The van der Waals surface area contributed by atoms with E-state index in [1.807, 2.05) is 0 Å². The average Bonchev–Trinajstić information content (AvgIpc) is 2.80. The monoisotopic (exact) mass is 282 g/mol. The van der Waals surface area contributed by atoms with Gasteiger partial charge in [-0.15, -0.1) is 0 Å². The second kappa shape index (κ2) is 3.43. The van der Waals surface area contributed by atoms with E-state index in [0.717, 1.165) is 0 Å². The van der Waals surface area contributed by atoms with Crippen molar-refractivity contribution in [1.82, 2.24) is 9.78 Å². The summed E-state index contributed by atoms with van der Waals surface area (Å²) in [6, 6.07) is 4.58. The van der Waals surface area contributed by atoms with Crippen LogP contribution >= 0.6 is 10.7 Å². The third-order valence-corrected chi connectivity index (χ3v) is 4.32. The molecule has 0 N–H and O–H groups in total. The van der Waals surface area contributed by atoms with Gasteiger partial charge in [-0.05, 0) is 6.07 Å². The maximum Gasteiger partial charge on any atom is 0.262 e. The Kier molecular flexibility index (Phi) is 2.18. The van der Waals surface area contributed by atoms with Crippen molar-refractivity contribution < 1.29 is 13.2 Å². The van der Waals surface area contributed by atoms with E-state index in [-0.39, 0.29) is 16.2 Å². The van der Waals surface area contributed by atoms with Gasteiger partial charge in [0.05, 0.1) is 27.9 Å². The van der Waals surface area contributed by atoms with Gasteiger partial charge in [0.1, 0.15) is 0 Å². The number of ketones is 1. The molecule has 0 radical (unpaired) electrons. The molecule has 3 rings (SSSR count). The van der Waals surface area contributed by atoms with Crippen molar-refractivity contribution >= 4 is 25.5 Å². The summed E-state index contributed by atoms with van der Waals surface area (Å²) in [5, 5.41) is 3.99. The normalized spacial score (nSPS) is 13.6. The van der Waals surface area contributed by atoms with E-state index in [9.17, 15) is 13.2 Å². The number of fused-ring (bicyclic) bond motifs is 3. The summed E-state index contributed by atoms with van der Waals surface area (Å²) >= 11 is 0. The first-order valence-electron chi connectivity index (χ1n) is 5.06. The molecule has 1 aliphatic carbocycles. The van der Waals surface area contributed by atoms with Gasteiger partial charge < -0.3 is 0 Å². The number of rotatable bonds is 1. The molecule has 5 nitrogen and oxygen atoms in total. The van der Waals surface area contributed by atoms with Crippen LogP contribution in [0.4, 0.5) is 0 Å². The van der Waals surface area contributed by atoms with E-state index in [1.54, 1.807) is 23.9 Å². The molecule has 0 spiro atoms. The quantitative estimate of drug-likeness (QED) is 0.635. The van der Waals surface area contributed by atoms with Gasteiger partial charge in [-0.3, -0.25) is 9.48 Å². The highest BCUT2D eigenvalue weighted by molar-refractivity contribution is 8.13. The average molecular weight is 283 g/mol. The van der Waals surface area contributed by atoms with Crippen molar-refractivity contribution in [3.8, 4) is 11.3 Å². The van der Waals surface area contributed by atoms with E-state index >= 15 is 0 Å². The third-order valence-electron chi connectivity index (χ3n) is 2.95. The minimum atomic E-state index is -3.95. The zero-order valence-corrected chi connectivity index (χ0v) is 10.8. The zero-order chi connectivity index (χ0) is 13.1. The summed E-state index contributed by atoms with van der Waals surface area (Å²) in [6.07, 6.45) is 1.43. The van der Waals surface area contributed by atoms with E-state index in [0.29, 0.717) is 16.8 Å². The number of carbonyl (C=O) groups is 1. The standard InChI is InChI=1S/C11H7ClN2O3S/c1-14-10-6-3-2-4-8(18(12,16)17)9(6)11(15)7(10)5-13-14/h2-5H,1H3. The molecule has 0 unspecified atom stereocenters. The number of hydrogen-bond acceptors (Lipinski definition) is 4. The lowest BCUT2D eigenvalue weighted by molar-refractivity contribution is 0.104. The van der Waals surface area contributed by atoms with Gasteiger partial charge in [0.25, 0.3) is 9.05 Å². The number of aromatic nitrogens is 2. The molecule has 7 heteroatoms. The van der Waals surface area contributed by atoms with E-state index in [4.69, 9.17) is 10.7 Å². The van der Waals surface area contributed by atoms with Gasteiger partial charge in [-0.2, -0.15) is 5.10 Å². The number of halogens is 1. The molecule has 1 aromatic heterocycles. The molecular formula is C11H7ClN2O3S. The highest BCUT2D eigenvalue weighted by atomic mass is 35.7. The van der Waals surface area contributed by atoms with Crippen LogP contribution in [-0.4, -0.2) is 24.0 Å². The summed E-state index contributed by atoms with van der Waals surface area (Å²) in [5.41, 5.74) is 1.71. The number of benzene rings is 1. The molecule has 0 bridgehead atoms. The Hall–Kier alpha value is -1.66. The van der Waals surface area contributed by atoms with Crippen molar-refractivity contribution in [3.63, 3.8) is 0 Å². The molecule has 92 valence electrons. The fourth-order valence-corrected chi connectivity index (χ4v) is 3.30. The molecule has 0 fully saturated rings. The number of nitrogens with zero attached hydrogens (tertiary/aromatic N) is 2. The predicted octanol–water partition coefficient (Wildman–Crippen LogP) is 1.56. The van der Waals surface area contributed by atoms with Crippen molar-refractivity contribution in [3.05, 3.63) is 35.5 Å². The molecule has 0 saturated heterocycles. The predicted molar refractivity (Wildman–Crippen MR) is 65.1 cm³/mol. The first-order valence-corrected chi connectivity index (χ1v) is 7.37. The Morgan fingerprint density at radius 2 is 2.00 bits per heavy atom. The van der Waals surface area contributed by atoms with Crippen LogP contribution in [0.3, 0.4) is 0 Å². The maximum absolute atomic E-state index is 12.2. The minimum absolute atomic E-state index is 0.135. The second-order valence-corrected chi connectivity index (χ2v) is 6.51. The Morgan fingerprint density at radius 3 is 2.67 bits per heavy atom. The molecule has 1 heterocycles. The van der Waals surface area contributed by atoms with Crippen LogP contribution in [0.25, 0.3) is 11.3 Å². The van der Waals surface area contributed by atoms with Crippen molar-refractivity contribution in [2.24, 2.45) is 7.05 Å². The number of carbonyl (C=O) groups excluding carboxylic acids is 1. The van der Waals surface area contributed by atoms with Gasteiger partial charge in [0.15, 0.2) is 5.78 Å². The van der Waals surface area contributed by atoms with Crippen LogP contribution in [-0.2, 0) is 16.1 Å². The summed E-state index contributed by atoms with van der Waals surface area (Å²) in [4.78, 5) is 12.0. The van der Waals surface area contributed by atoms with Crippen LogP contribution in [0.15, 0.2) is 29.3 Å². The lowest BCUT2D eigenvalue weighted by Crippen LogP contribution is -2.03. The van der Waals surface area contributed by atoms with Crippen LogP contribution < -0.4 is 0 Å². The molecule has 0 atom stereocenters. The van der Waals surface area contributed by atoms with Crippen molar-refractivity contribution in [2.45, 2.75) is 4.90 Å². The first kappa shape index (κ1) is 11.4. The Labute approximate surface area is 107 Å². The SMILES string of the molecule is Cn1ncc2c1-c1cccc(S(=O)(=O)Cl)c1C2=O. The fraction of sp³-hybridized carbons (Fsp3) is 0.0909. The number of hydrogen-bond donors (Lipinski definition) is 0. The molecule has 0 aliphatic heterocycles. The molecule has 0 saturated carbocycles. The maximum atomic E-state index is 12.2. The summed E-state index contributed by atoms with van der Waals surface area (Å²) < 4.78 is 24.5. The molecular weight excluding hydrogens is 276 g/mol. The zero-order valence-electron chi connectivity index (χ0n) is 9.21. The van der Waals surface area contributed by atoms with Crippen LogP contribution in [0.1, 0.15) is 15.9 Å². The molecule has 0 amide bonds. The largest absolute Gasteiger partial charge is 0.288 e. The van der Waals surface area contributed by atoms with E-state index < -0.39 is 9.05 Å². The van der Waals surface area contributed by atoms with Crippen molar-refractivity contribution in [1.29, 1.82) is 0 Å². The molecule has 1 aliphatic rings. The topological polar surface area (TPSA) is 69.0 Å². The second-order valence-electron chi connectivity index (χ2n) is 3.98. The van der Waals surface area contributed by atoms with E-state index in [2.05, 4.69) is 5.10 Å². The van der Waals surface area contributed by atoms with Crippen LogP contribution in [0.5, 0.6) is 0 Å². The highest BCUT2D eigenvalue weighted by Crippen LogP contribution is 2.39. The van der Waals surface area contributed by atoms with Gasteiger partial charge in [-0.25, -0.2) is 8.42 Å².